The van der Waals surface area contributed by atoms with Gasteiger partial charge in [-0.1, -0.05) is 32.1 Å². The van der Waals surface area contributed by atoms with E-state index in [0.717, 1.165) is 51.4 Å². The van der Waals surface area contributed by atoms with E-state index in [-0.39, 0.29) is 54.9 Å². The zero-order valence-electron chi connectivity index (χ0n) is 20.1. The normalized spacial score (nSPS) is 19.8. The van der Waals surface area contributed by atoms with Crippen LogP contribution in [0.2, 0.25) is 0 Å². The van der Waals surface area contributed by atoms with Crippen LogP contribution < -0.4 is 10.2 Å². The quantitative estimate of drug-likeness (QED) is 0.556. The highest BCUT2D eigenvalue weighted by Crippen LogP contribution is 2.37. The van der Waals surface area contributed by atoms with Crippen molar-refractivity contribution >= 4 is 29.2 Å². The summed E-state index contributed by atoms with van der Waals surface area (Å²) in [5.41, 5.74) is 1.10. The summed E-state index contributed by atoms with van der Waals surface area (Å²) in [6, 6.07) is 3.20. The lowest BCUT2D eigenvalue weighted by atomic mass is 9.95. The molecule has 7 nitrogen and oxygen atoms in total. The topological polar surface area (TPSA) is 79.0 Å². The largest absolute Gasteiger partial charge is 0.466 e. The first-order valence-corrected chi connectivity index (χ1v) is 12.8. The van der Waals surface area contributed by atoms with Crippen LogP contribution in [0.25, 0.3) is 0 Å². The number of nitrogens with zero attached hydrogens (tertiary/aromatic N) is 2. The SMILES string of the molecule is CCOC(=O)CCCN1CC(=O)N(C2CCCC2)c2cc(NC3CCCCC3)c(F)cc2C1=O. The molecule has 0 bridgehead atoms. The van der Waals surface area contributed by atoms with E-state index in [0.29, 0.717) is 24.4 Å². The van der Waals surface area contributed by atoms with Gasteiger partial charge in [-0.2, -0.15) is 0 Å². The lowest BCUT2D eigenvalue weighted by Crippen LogP contribution is -2.43. The Labute approximate surface area is 201 Å². The number of anilines is 2. The Bertz CT molecular complexity index is 910. The van der Waals surface area contributed by atoms with Crippen LogP contribution in [0.4, 0.5) is 15.8 Å². The molecule has 1 N–H and O–H groups in total. The molecule has 0 spiro atoms. The molecule has 0 aromatic heterocycles. The summed E-state index contributed by atoms with van der Waals surface area (Å²) in [5, 5.41) is 3.34. The van der Waals surface area contributed by atoms with Crippen molar-refractivity contribution in [2.45, 2.75) is 89.6 Å². The Balaban J connectivity index is 1.62. The van der Waals surface area contributed by atoms with Gasteiger partial charge in [0.2, 0.25) is 5.91 Å². The summed E-state index contributed by atoms with van der Waals surface area (Å²) in [5.74, 6) is -1.31. The highest BCUT2D eigenvalue weighted by Gasteiger charge is 2.37. The third kappa shape index (κ3) is 5.53. The molecule has 3 aliphatic rings. The molecule has 4 rings (SSSR count). The Morgan fingerprint density at radius 2 is 1.79 bits per heavy atom. The van der Waals surface area contributed by atoms with Crippen LogP contribution >= 0.6 is 0 Å². The second kappa shape index (κ2) is 11.2. The number of ether oxygens (including phenoxy) is 1. The molecular weight excluding hydrogens is 437 g/mol. The molecule has 186 valence electrons. The van der Waals surface area contributed by atoms with Gasteiger partial charge in [-0.05, 0) is 51.2 Å². The van der Waals surface area contributed by atoms with Gasteiger partial charge >= 0.3 is 5.97 Å². The van der Waals surface area contributed by atoms with E-state index in [4.69, 9.17) is 4.74 Å². The van der Waals surface area contributed by atoms with Crippen molar-refractivity contribution in [2.24, 2.45) is 0 Å². The molecule has 0 saturated heterocycles. The minimum atomic E-state index is -0.468. The summed E-state index contributed by atoms with van der Waals surface area (Å²) in [6.45, 7) is 2.22. The molecular formula is C26H36FN3O4. The van der Waals surface area contributed by atoms with Gasteiger partial charge in [0.05, 0.1) is 23.5 Å². The number of halogens is 1. The molecule has 34 heavy (non-hydrogen) atoms. The maximum absolute atomic E-state index is 15.2. The number of carbonyl (C=O) groups is 3. The maximum Gasteiger partial charge on any atom is 0.305 e. The van der Waals surface area contributed by atoms with Crippen molar-refractivity contribution in [3.8, 4) is 0 Å². The van der Waals surface area contributed by atoms with Gasteiger partial charge in [0.1, 0.15) is 12.4 Å². The number of carbonyl (C=O) groups excluding carboxylic acids is 3. The van der Waals surface area contributed by atoms with E-state index in [9.17, 15) is 14.4 Å². The van der Waals surface area contributed by atoms with E-state index in [1.165, 1.54) is 17.4 Å². The molecule has 0 unspecified atom stereocenters. The van der Waals surface area contributed by atoms with E-state index >= 15 is 4.39 Å². The lowest BCUT2D eigenvalue weighted by Gasteiger charge is -2.30. The standard InChI is InChI=1S/C26H36FN3O4/c1-2-34-25(32)13-8-14-29-17-24(31)30(19-11-6-7-12-19)23-16-22(21(27)15-20(23)26(29)33)28-18-9-4-3-5-10-18/h15-16,18-19,28H,2-14,17H2,1H3. The predicted molar refractivity (Wildman–Crippen MR) is 128 cm³/mol. The van der Waals surface area contributed by atoms with E-state index in [1.807, 2.05) is 0 Å². The number of esters is 1. The van der Waals surface area contributed by atoms with Gasteiger partial charge in [0, 0.05) is 25.0 Å². The second-order valence-electron chi connectivity index (χ2n) is 9.67. The number of benzene rings is 1. The number of hydrogen-bond acceptors (Lipinski definition) is 5. The van der Waals surface area contributed by atoms with Crippen LogP contribution in [0.1, 0.15) is 87.9 Å². The summed E-state index contributed by atoms with van der Waals surface area (Å²) in [6.07, 6.45) is 9.83. The Hall–Kier alpha value is -2.64. The summed E-state index contributed by atoms with van der Waals surface area (Å²) < 4.78 is 20.2. The van der Waals surface area contributed by atoms with E-state index in [2.05, 4.69) is 5.32 Å². The first kappa shape index (κ1) is 24.5. The number of fused-ring (bicyclic) bond motifs is 1. The van der Waals surface area contributed by atoms with Crippen LogP contribution in [0.3, 0.4) is 0 Å². The zero-order valence-corrected chi connectivity index (χ0v) is 20.1. The number of hydrogen-bond donors (Lipinski definition) is 1. The lowest BCUT2D eigenvalue weighted by molar-refractivity contribution is -0.143. The Kier molecular flexibility index (Phi) is 8.06. The highest BCUT2D eigenvalue weighted by molar-refractivity contribution is 6.10. The fourth-order valence-electron chi connectivity index (χ4n) is 5.52. The van der Waals surface area contributed by atoms with Gasteiger partial charge in [-0.3, -0.25) is 14.4 Å². The van der Waals surface area contributed by atoms with Crippen LogP contribution in [-0.4, -0.2) is 54.5 Å². The molecule has 1 aromatic carbocycles. The number of rotatable bonds is 8. The molecule has 1 aromatic rings. The van der Waals surface area contributed by atoms with Gasteiger partial charge < -0.3 is 19.9 Å². The van der Waals surface area contributed by atoms with Crippen LogP contribution in [-0.2, 0) is 14.3 Å². The summed E-state index contributed by atoms with van der Waals surface area (Å²) >= 11 is 0. The first-order valence-electron chi connectivity index (χ1n) is 12.8. The van der Waals surface area contributed by atoms with Crippen molar-refractivity contribution in [3.63, 3.8) is 0 Å². The smallest absolute Gasteiger partial charge is 0.305 e. The average molecular weight is 474 g/mol. The van der Waals surface area contributed by atoms with Crippen LogP contribution in [0.15, 0.2) is 12.1 Å². The van der Waals surface area contributed by atoms with Gasteiger partial charge in [-0.15, -0.1) is 0 Å². The monoisotopic (exact) mass is 473 g/mol. The second-order valence-corrected chi connectivity index (χ2v) is 9.67. The number of amides is 2. The predicted octanol–water partition coefficient (Wildman–Crippen LogP) is 4.65. The fraction of sp³-hybridized carbons (Fsp3) is 0.654. The van der Waals surface area contributed by atoms with Gasteiger partial charge in [-0.25, -0.2) is 4.39 Å². The van der Waals surface area contributed by atoms with Crippen LogP contribution in [0.5, 0.6) is 0 Å². The fourth-order valence-corrected chi connectivity index (χ4v) is 5.52. The van der Waals surface area contributed by atoms with Crippen molar-refractivity contribution in [3.05, 3.63) is 23.5 Å². The average Bonchev–Trinajstić information content (AvgIpc) is 3.32. The maximum atomic E-state index is 15.2. The molecule has 0 radical (unpaired) electrons. The summed E-state index contributed by atoms with van der Waals surface area (Å²) in [7, 11) is 0. The molecule has 2 aliphatic carbocycles. The van der Waals surface area contributed by atoms with E-state index in [1.54, 1.807) is 17.9 Å². The minimum absolute atomic E-state index is 0.0199. The van der Waals surface area contributed by atoms with Crippen LogP contribution in [0, 0.1) is 5.82 Å². The Morgan fingerprint density at radius 3 is 2.50 bits per heavy atom. The van der Waals surface area contributed by atoms with Crippen molar-refractivity contribution in [2.75, 3.05) is 29.9 Å². The molecule has 2 saturated carbocycles. The molecule has 0 atom stereocenters. The molecule has 2 fully saturated rings. The van der Waals surface area contributed by atoms with Crippen molar-refractivity contribution in [1.82, 2.24) is 4.90 Å². The third-order valence-corrected chi connectivity index (χ3v) is 7.23. The molecule has 2 amide bonds. The van der Waals surface area contributed by atoms with Crippen molar-refractivity contribution < 1.29 is 23.5 Å². The molecule has 8 heteroatoms. The zero-order chi connectivity index (χ0) is 24.1. The van der Waals surface area contributed by atoms with Crippen molar-refractivity contribution in [1.29, 1.82) is 0 Å². The van der Waals surface area contributed by atoms with Gasteiger partial charge in [0.15, 0.2) is 0 Å². The Morgan fingerprint density at radius 1 is 1.09 bits per heavy atom. The third-order valence-electron chi connectivity index (χ3n) is 7.23. The summed E-state index contributed by atoms with van der Waals surface area (Å²) in [4.78, 5) is 41.8. The number of nitrogens with one attached hydrogen (secondary N) is 1. The minimum Gasteiger partial charge on any atom is -0.466 e. The molecule has 1 heterocycles. The van der Waals surface area contributed by atoms with E-state index < -0.39 is 5.82 Å². The first-order chi connectivity index (χ1) is 16.5. The van der Waals surface area contributed by atoms with Gasteiger partial charge in [0.25, 0.3) is 5.91 Å². The molecule has 1 aliphatic heterocycles. The highest BCUT2D eigenvalue weighted by atomic mass is 19.1.